The maximum atomic E-state index is 12.1. The zero-order valence-electron chi connectivity index (χ0n) is 7.82. The topological polar surface area (TPSA) is 25.0 Å². The van der Waals surface area contributed by atoms with Gasteiger partial charge in [0.15, 0.2) is 0 Å². The number of hydrogen-bond donors (Lipinski definition) is 1. The van der Waals surface area contributed by atoms with Crippen LogP contribution in [0.2, 0.25) is 0 Å². The van der Waals surface area contributed by atoms with E-state index in [-0.39, 0.29) is 5.75 Å². The molecular formula is C9H12F3NO. The number of halogens is 3. The molecule has 0 spiro atoms. The van der Waals surface area contributed by atoms with Gasteiger partial charge in [-0.25, -0.2) is 0 Å². The Hall–Kier alpha value is -1.13. The predicted molar refractivity (Wildman–Crippen MR) is 46.2 cm³/mol. The fourth-order valence-corrected chi connectivity index (χ4v) is 0.956. The van der Waals surface area contributed by atoms with E-state index in [9.17, 15) is 13.2 Å². The van der Waals surface area contributed by atoms with Gasteiger partial charge in [0.2, 0.25) is 0 Å². The highest BCUT2D eigenvalue weighted by atomic mass is 19.4. The van der Waals surface area contributed by atoms with Crippen LogP contribution in [0.4, 0.5) is 13.2 Å². The summed E-state index contributed by atoms with van der Waals surface area (Å²) in [6.07, 6.45) is -1.31. The van der Waals surface area contributed by atoms with E-state index >= 15 is 0 Å². The molecule has 80 valence electrons. The zero-order valence-corrected chi connectivity index (χ0v) is 7.82. The minimum absolute atomic E-state index is 0.241. The molecule has 2 nitrogen and oxygen atoms in total. The molecule has 1 aromatic rings. The van der Waals surface area contributed by atoms with Gasteiger partial charge in [0.1, 0.15) is 11.4 Å². The lowest BCUT2D eigenvalue weighted by Crippen LogP contribution is -2.04. The molecule has 1 aromatic heterocycles. The summed E-state index contributed by atoms with van der Waals surface area (Å²) in [5.74, 6) is 0.241. The quantitative estimate of drug-likeness (QED) is 0.753. The highest BCUT2D eigenvalue weighted by Gasteiger charge is 2.32. The van der Waals surface area contributed by atoms with Crippen molar-refractivity contribution in [2.45, 2.75) is 25.9 Å². The van der Waals surface area contributed by atoms with Crippen LogP contribution in [-0.2, 0) is 6.18 Å². The normalized spacial score (nSPS) is 11.7. The van der Waals surface area contributed by atoms with E-state index in [0.717, 1.165) is 18.9 Å². The first-order chi connectivity index (χ1) is 6.54. The van der Waals surface area contributed by atoms with Gasteiger partial charge in [-0.1, -0.05) is 13.3 Å². The van der Waals surface area contributed by atoms with Crippen molar-refractivity contribution in [3.63, 3.8) is 0 Å². The smallest absolute Gasteiger partial charge is 0.431 e. The summed E-state index contributed by atoms with van der Waals surface area (Å²) in [5.41, 5.74) is -0.774. The summed E-state index contributed by atoms with van der Waals surface area (Å²) in [7, 11) is 0. The molecular weight excluding hydrogens is 195 g/mol. The molecule has 0 radical (unpaired) electrons. The molecule has 0 bridgehead atoms. The molecule has 0 fully saturated rings. The average molecular weight is 207 g/mol. The van der Waals surface area contributed by atoms with Crippen LogP contribution in [-0.4, -0.2) is 11.6 Å². The Morgan fingerprint density at radius 3 is 2.64 bits per heavy atom. The van der Waals surface area contributed by atoms with E-state index in [1.807, 2.05) is 6.92 Å². The average Bonchev–Trinajstić information content (AvgIpc) is 2.52. The lowest BCUT2D eigenvalue weighted by molar-refractivity contribution is -0.140. The summed E-state index contributed by atoms with van der Waals surface area (Å²) in [6, 6.07) is 0.968. The molecule has 1 N–H and O–H groups in total. The van der Waals surface area contributed by atoms with Crippen LogP contribution in [0.1, 0.15) is 25.5 Å². The number of unbranched alkanes of at least 4 members (excludes halogenated alkanes) is 1. The molecule has 1 heterocycles. The first-order valence-electron chi connectivity index (χ1n) is 4.42. The molecule has 0 aromatic carbocycles. The lowest BCUT2D eigenvalue weighted by atomic mass is 10.3. The van der Waals surface area contributed by atoms with Gasteiger partial charge in [0, 0.05) is 12.3 Å². The second kappa shape index (κ2) is 4.39. The van der Waals surface area contributed by atoms with Gasteiger partial charge in [0.25, 0.3) is 0 Å². The Labute approximate surface area is 80.1 Å². The van der Waals surface area contributed by atoms with E-state index in [4.69, 9.17) is 4.74 Å². The van der Waals surface area contributed by atoms with Crippen LogP contribution in [0, 0.1) is 0 Å². The fourth-order valence-electron chi connectivity index (χ4n) is 0.956. The summed E-state index contributed by atoms with van der Waals surface area (Å²) in [4.78, 5) is 2.12. The van der Waals surface area contributed by atoms with E-state index in [1.54, 1.807) is 0 Å². The molecule has 14 heavy (non-hydrogen) atoms. The van der Waals surface area contributed by atoms with Gasteiger partial charge in [-0.2, -0.15) is 13.2 Å². The SMILES string of the molecule is CCCCOc1c[nH]c(C(F)(F)F)c1. The Kier molecular flexibility index (Phi) is 3.43. The Morgan fingerprint density at radius 1 is 1.43 bits per heavy atom. The van der Waals surface area contributed by atoms with E-state index in [1.165, 1.54) is 6.20 Å². The summed E-state index contributed by atoms with van der Waals surface area (Å²) in [5, 5.41) is 0. The van der Waals surface area contributed by atoms with Crippen molar-refractivity contribution in [1.29, 1.82) is 0 Å². The maximum absolute atomic E-state index is 12.1. The second-order valence-electron chi connectivity index (χ2n) is 2.95. The highest BCUT2D eigenvalue weighted by Crippen LogP contribution is 2.30. The summed E-state index contributed by atoms with van der Waals surface area (Å²) < 4.78 is 41.4. The number of aromatic nitrogens is 1. The van der Waals surface area contributed by atoms with Crippen molar-refractivity contribution in [3.8, 4) is 5.75 Å². The van der Waals surface area contributed by atoms with Crippen molar-refractivity contribution in [1.82, 2.24) is 4.98 Å². The van der Waals surface area contributed by atoms with Gasteiger partial charge >= 0.3 is 6.18 Å². The molecule has 0 atom stereocenters. The molecule has 0 amide bonds. The predicted octanol–water partition coefficient (Wildman–Crippen LogP) is 3.21. The van der Waals surface area contributed by atoms with Crippen molar-refractivity contribution in [2.24, 2.45) is 0 Å². The minimum Gasteiger partial charge on any atom is -0.492 e. The third-order valence-electron chi connectivity index (χ3n) is 1.73. The molecule has 0 saturated heterocycles. The molecule has 0 aliphatic carbocycles. The van der Waals surface area contributed by atoms with Crippen LogP contribution in [0.3, 0.4) is 0 Å². The highest BCUT2D eigenvalue weighted by molar-refractivity contribution is 5.24. The molecule has 0 aliphatic heterocycles. The zero-order chi connectivity index (χ0) is 10.6. The van der Waals surface area contributed by atoms with Crippen molar-refractivity contribution in [2.75, 3.05) is 6.61 Å². The van der Waals surface area contributed by atoms with Gasteiger partial charge in [-0.15, -0.1) is 0 Å². The van der Waals surface area contributed by atoms with Gasteiger partial charge in [-0.05, 0) is 6.42 Å². The number of nitrogens with one attached hydrogen (secondary N) is 1. The van der Waals surface area contributed by atoms with Crippen molar-refractivity contribution in [3.05, 3.63) is 18.0 Å². The van der Waals surface area contributed by atoms with E-state index in [0.29, 0.717) is 6.61 Å². The number of alkyl halides is 3. The standard InChI is InChI=1S/C9H12F3NO/c1-2-3-4-14-7-5-8(13-6-7)9(10,11)12/h5-6,13H,2-4H2,1H3. The molecule has 0 aliphatic rings. The number of rotatable bonds is 4. The largest absolute Gasteiger partial charge is 0.492 e. The third kappa shape index (κ3) is 2.97. The van der Waals surface area contributed by atoms with Crippen LogP contribution in [0.25, 0.3) is 0 Å². The maximum Gasteiger partial charge on any atom is 0.431 e. The number of aromatic amines is 1. The monoisotopic (exact) mass is 207 g/mol. The van der Waals surface area contributed by atoms with E-state index < -0.39 is 11.9 Å². The molecule has 5 heteroatoms. The minimum atomic E-state index is -4.33. The summed E-state index contributed by atoms with van der Waals surface area (Å²) in [6.45, 7) is 2.44. The van der Waals surface area contributed by atoms with Crippen LogP contribution < -0.4 is 4.74 Å². The van der Waals surface area contributed by atoms with Gasteiger partial charge in [-0.3, -0.25) is 0 Å². The van der Waals surface area contributed by atoms with Crippen molar-refractivity contribution >= 4 is 0 Å². The first kappa shape index (κ1) is 10.9. The fraction of sp³-hybridized carbons (Fsp3) is 0.556. The van der Waals surface area contributed by atoms with Gasteiger partial charge < -0.3 is 9.72 Å². The lowest BCUT2D eigenvalue weighted by Gasteiger charge is -2.02. The summed E-state index contributed by atoms with van der Waals surface area (Å²) >= 11 is 0. The molecule has 0 unspecified atom stereocenters. The van der Waals surface area contributed by atoms with Crippen LogP contribution in [0.5, 0.6) is 5.75 Å². The Balaban J connectivity index is 2.51. The molecule has 0 saturated carbocycles. The van der Waals surface area contributed by atoms with Gasteiger partial charge in [0.05, 0.1) is 6.61 Å². The Morgan fingerprint density at radius 2 is 2.14 bits per heavy atom. The number of H-pyrrole nitrogens is 1. The Bertz CT molecular complexity index is 280. The van der Waals surface area contributed by atoms with Crippen LogP contribution in [0.15, 0.2) is 12.3 Å². The number of hydrogen-bond acceptors (Lipinski definition) is 1. The number of ether oxygens (including phenoxy) is 1. The van der Waals surface area contributed by atoms with Crippen LogP contribution >= 0.6 is 0 Å². The third-order valence-corrected chi connectivity index (χ3v) is 1.73. The van der Waals surface area contributed by atoms with E-state index in [2.05, 4.69) is 4.98 Å². The second-order valence-corrected chi connectivity index (χ2v) is 2.95. The first-order valence-corrected chi connectivity index (χ1v) is 4.42. The molecule has 1 rings (SSSR count). The van der Waals surface area contributed by atoms with Crippen molar-refractivity contribution < 1.29 is 17.9 Å².